The maximum atomic E-state index is 11.7. The van der Waals surface area contributed by atoms with Gasteiger partial charge >= 0.3 is 11.9 Å². The first-order valence-corrected chi connectivity index (χ1v) is 6.43. The van der Waals surface area contributed by atoms with Crippen molar-refractivity contribution in [2.24, 2.45) is 0 Å². The molecule has 0 saturated carbocycles. The summed E-state index contributed by atoms with van der Waals surface area (Å²) in [7, 11) is 3.85. The van der Waals surface area contributed by atoms with Crippen LogP contribution in [0.15, 0.2) is 30.0 Å². The molecule has 120 valence electrons. The zero-order valence-electron chi connectivity index (χ0n) is 12.9. The van der Waals surface area contributed by atoms with Crippen molar-refractivity contribution >= 4 is 17.6 Å². The van der Waals surface area contributed by atoms with Gasteiger partial charge in [0.05, 0.1) is 39.2 Å². The van der Waals surface area contributed by atoms with E-state index in [4.69, 9.17) is 4.74 Å². The minimum absolute atomic E-state index is 0.0996. The Morgan fingerprint density at radius 2 is 1.91 bits per heavy atom. The van der Waals surface area contributed by atoms with Crippen LogP contribution in [0.5, 0.6) is 5.75 Å². The Morgan fingerprint density at radius 1 is 1.23 bits per heavy atom. The van der Waals surface area contributed by atoms with Gasteiger partial charge in [-0.3, -0.25) is 0 Å². The second kappa shape index (κ2) is 8.04. The third-order valence-electron chi connectivity index (χ3n) is 2.85. The Hall–Kier alpha value is -2.54. The zero-order valence-corrected chi connectivity index (χ0v) is 12.9. The normalized spacial score (nSPS) is 12.3. The van der Waals surface area contributed by atoms with Gasteiger partial charge in [0.2, 0.25) is 0 Å². The molecule has 0 spiro atoms. The molecule has 1 atom stereocenters. The molecule has 7 heteroatoms. The van der Waals surface area contributed by atoms with Gasteiger partial charge in [-0.2, -0.15) is 0 Å². The lowest BCUT2D eigenvalue weighted by Crippen LogP contribution is -2.16. The van der Waals surface area contributed by atoms with E-state index < -0.39 is 18.0 Å². The van der Waals surface area contributed by atoms with Crippen molar-refractivity contribution < 1.29 is 28.9 Å². The minimum atomic E-state index is -0.730. The standard InChI is InChI=1S/C15H19NO6/c1-9(17)10-5-6-11(13(7-10)20-2)16-12(15(19)22-4)8-14(18)21-3/h5-9,16-17H,1-4H3/b12-8+. The van der Waals surface area contributed by atoms with Crippen LogP contribution in [-0.4, -0.2) is 38.4 Å². The van der Waals surface area contributed by atoms with Crippen LogP contribution in [0.3, 0.4) is 0 Å². The van der Waals surface area contributed by atoms with E-state index in [1.54, 1.807) is 25.1 Å². The van der Waals surface area contributed by atoms with Crippen molar-refractivity contribution in [3.8, 4) is 5.75 Å². The lowest BCUT2D eigenvalue weighted by Gasteiger charge is -2.14. The van der Waals surface area contributed by atoms with E-state index in [1.807, 2.05) is 0 Å². The summed E-state index contributed by atoms with van der Waals surface area (Å²) < 4.78 is 14.3. The molecule has 0 bridgehead atoms. The van der Waals surface area contributed by atoms with E-state index in [1.165, 1.54) is 21.3 Å². The Balaban J connectivity index is 3.15. The number of hydrogen-bond donors (Lipinski definition) is 2. The average molecular weight is 309 g/mol. The number of methoxy groups -OCH3 is 3. The van der Waals surface area contributed by atoms with Gasteiger partial charge in [-0.05, 0) is 24.6 Å². The average Bonchev–Trinajstić information content (AvgIpc) is 2.53. The van der Waals surface area contributed by atoms with E-state index in [-0.39, 0.29) is 5.70 Å². The fourth-order valence-electron chi connectivity index (χ4n) is 1.65. The smallest absolute Gasteiger partial charge is 0.354 e. The number of aliphatic hydroxyl groups is 1. The molecule has 22 heavy (non-hydrogen) atoms. The second-order valence-electron chi connectivity index (χ2n) is 4.33. The first-order chi connectivity index (χ1) is 10.4. The van der Waals surface area contributed by atoms with Crippen LogP contribution in [0.4, 0.5) is 5.69 Å². The van der Waals surface area contributed by atoms with Gasteiger partial charge in [-0.1, -0.05) is 6.07 Å². The quantitative estimate of drug-likeness (QED) is 0.605. The summed E-state index contributed by atoms with van der Waals surface area (Å²) in [4.78, 5) is 23.0. The van der Waals surface area contributed by atoms with Crippen molar-refractivity contribution in [3.63, 3.8) is 0 Å². The number of hydrogen-bond acceptors (Lipinski definition) is 7. The summed E-state index contributed by atoms with van der Waals surface area (Å²) in [6.07, 6.45) is 0.321. The van der Waals surface area contributed by atoms with E-state index in [9.17, 15) is 14.7 Å². The van der Waals surface area contributed by atoms with Gasteiger partial charge in [0, 0.05) is 0 Å². The molecule has 0 heterocycles. The van der Waals surface area contributed by atoms with Crippen molar-refractivity contribution in [2.45, 2.75) is 13.0 Å². The number of rotatable bonds is 6. The number of esters is 2. The first kappa shape index (κ1) is 17.5. The highest BCUT2D eigenvalue weighted by Gasteiger charge is 2.15. The first-order valence-electron chi connectivity index (χ1n) is 6.43. The summed E-state index contributed by atoms with van der Waals surface area (Å²) in [5.41, 5.74) is 0.990. The van der Waals surface area contributed by atoms with Crippen LogP contribution >= 0.6 is 0 Å². The number of nitrogens with one attached hydrogen (secondary N) is 1. The van der Waals surface area contributed by atoms with E-state index in [0.717, 1.165) is 6.08 Å². The number of anilines is 1. The molecule has 0 radical (unpaired) electrons. The largest absolute Gasteiger partial charge is 0.495 e. The van der Waals surface area contributed by atoms with Crippen LogP contribution in [-0.2, 0) is 19.1 Å². The number of carbonyl (C=O) groups is 2. The summed E-state index contributed by atoms with van der Waals surface area (Å²) in [5.74, 6) is -1.03. The minimum Gasteiger partial charge on any atom is -0.495 e. The second-order valence-corrected chi connectivity index (χ2v) is 4.33. The fourth-order valence-corrected chi connectivity index (χ4v) is 1.65. The van der Waals surface area contributed by atoms with E-state index in [0.29, 0.717) is 17.0 Å². The lowest BCUT2D eigenvalue weighted by molar-refractivity contribution is -0.138. The highest BCUT2D eigenvalue weighted by molar-refractivity contribution is 5.99. The van der Waals surface area contributed by atoms with Crippen molar-refractivity contribution in [1.82, 2.24) is 0 Å². The van der Waals surface area contributed by atoms with Crippen LogP contribution in [0.2, 0.25) is 0 Å². The highest BCUT2D eigenvalue weighted by atomic mass is 16.5. The summed E-state index contributed by atoms with van der Waals surface area (Å²) in [5, 5.41) is 12.3. The molecule has 0 fully saturated rings. The lowest BCUT2D eigenvalue weighted by atomic mass is 10.1. The molecule has 0 saturated heterocycles. The summed E-state index contributed by atoms with van der Waals surface area (Å²) in [6, 6.07) is 4.91. The molecule has 1 aromatic carbocycles. The number of carbonyl (C=O) groups excluding carboxylic acids is 2. The molecule has 1 aromatic rings. The number of benzene rings is 1. The Labute approximate surface area is 128 Å². The van der Waals surface area contributed by atoms with E-state index in [2.05, 4.69) is 14.8 Å². The molecule has 0 aliphatic rings. The van der Waals surface area contributed by atoms with Crippen LogP contribution in [0.1, 0.15) is 18.6 Å². The molecular formula is C15H19NO6. The molecule has 1 unspecified atom stereocenters. The molecular weight excluding hydrogens is 290 g/mol. The molecule has 1 rings (SSSR count). The Kier molecular flexibility index (Phi) is 6.40. The molecule has 2 N–H and O–H groups in total. The predicted molar refractivity (Wildman–Crippen MR) is 79.4 cm³/mol. The molecule has 7 nitrogen and oxygen atoms in total. The van der Waals surface area contributed by atoms with Gasteiger partial charge in [-0.15, -0.1) is 0 Å². The molecule has 0 aliphatic heterocycles. The van der Waals surface area contributed by atoms with Gasteiger partial charge < -0.3 is 24.6 Å². The highest BCUT2D eigenvalue weighted by Crippen LogP contribution is 2.29. The Bertz CT molecular complexity index is 579. The van der Waals surface area contributed by atoms with Gasteiger partial charge in [0.25, 0.3) is 0 Å². The summed E-state index contributed by atoms with van der Waals surface area (Å²) in [6.45, 7) is 1.62. The molecule has 0 aliphatic carbocycles. The fraction of sp³-hybridized carbons (Fsp3) is 0.333. The van der Waals surface area contributed by atoms with Gasteiger partial charge in [-0.25, -0.2) is 9.59 Å². The van der Waals surface area contributed by atoms with Crippen molar-refractivity contribution in [2.75, 3.05) is 26.6 Å². The van der Waals surface area contributed by atoms with Crippen LogP contribution < -0.4 is 10.1 Å². The van der Waals surface area contributed by atoms with Gasteiger partial charge in [0.1, 0.15) is 11.4 Å². The maximum absolute atomic E-state index is 11.7. The Morgan fingerprint density at radius 3 is 2.41 bits per heavy atom. The van der Waals surface area contributed by atoms with E-state index >= 15 is 0 Å². The molecule has 0 aromatic heterocycles. The third-order valence-corrected chi connectivity index (χ3v) is 2.85. The van der Waals surface area contributed by atoms with Crippen molar-refractivity contribution in [3.05, 3.63) is 35.5 Å². The topological polar surface area (TPSA) is 94.1 Å². The van der Waals surface area contributed by atoms with Crippen LogP contribution in [0.25, 0.3) is 0 Å². The third kappa shape index (κ3) is 4.49. The molecule has 0 amide bonds. The zero-order chi connectivity index (χ0) is 16.7. The summed E-state index contributed by atoms with van der Waals surface area (Å²) >= 11 is 0. The maximum Gasteiger partial charge on any atom is 0.354 e. The van der Waals surface area contributed by atoms with Crippen molar-refractivity contribution in [1.29, 1.82) is 0 Å². The predicted octanol–water partition coefficient (Wildman–Crippen LogP) is 1.39. The SMILES string of the molecule is COC(=O)/C=C(/Nc1ccc(C(C)O)cc1OC)C(=O)OC. The number of aliphatic hydroxyl groups excluding tert-OH is 1. The van der Waals surface area contributed by atoms with Gasteiger partial charge in [0.15, 0.2) is 0 Å². The van der Waals surface area contributed by atoms with Crippen LogP contribution in [0, 0.1) is 0 Å². The monoisotopic (exact) mass is 309 g/mol. The number of ether oxygens (including phenoxy) is 3.